The molecule has 1 aromatic carbocycles. The molecule has 1 heterocycles. The van der Waals surface area contributed by atoms with E-state index in [9.17, 15) is 0 Å². The molecule has 2 aromatic rings. The standard InChI is InChI=1S/C19H26N4/c1-15-20-18(22-17-11-7-4-8-12-17)13-19(21-15)23(2)14-16-9-5-3-6-10-16/h3,5-6,9-10,13,17H,4,7-8,11-12,14H2,1-2H3,(H,20,21,22). The molecule has 0 unspecified atom stereocenters. The van der Waals surface area contributed by atoms with Crippen molar-refractivity contribution >= 4 is 11.6 Å². The minimum atomic E-state index is 0.560. The maximum absolute atomic E-state index is 4.60. The van der Waals surface area contributed by atoms with Crippen molar-refractivity contribution < 1.29 is 0 Å². The molecule has 1 aromatic heterocycles. The molecule has 0 amide bonds. The summed E-state index contributed by atoms with van der Waals surface area (Å²) in [7, 11) is 2.08. The number of nitrogens with zero attached hydrogens (tertiary/aromatic N) is 3. The molecular weight excluding hydrogens is 284 g/mol. The number of nitrogens with one attached hydrogen (secondary N) is 1. The number of rotatable bonds is 5. The minimum Gasteiger partial charge on any atom is -0.367 e. The van der Waals surface area contributed by atoms with Crippen LogP contribution in [-0.2, 0) is 6.54 Å². The summed E-state index contributed by atoms with van der Waals surface area (Å²) in [6, 6.07) is 13.1. The second-order valence-corrected chi connectivity index (χ2v) is 6.48. The first kappa shape index (κ1) is 15.8. The lowest BCUT2D eigenvalue weighted by Gasteiger charge is -2.24. The molecule has 0 saturated heterocycles. The third-order valence-corrected chi connectivity index (χ3v) is 4.44. The van der Waals surface area contributed by atoms with Gasteiger partial charge in [-0.1, -0.05) is 49.6 Å². The highest BCUT2D eigenvalue weighted by molar-refractivity contribution is 5.49. The van der Waals surface area contributed by atoms with E-state index < -0.39 is 0 Å². The van der Waals surface area contributed by atoms with Crippen LogP contribution in [0.3, 0.4) is 0 Å². The van der Waals surface area contributed by atoms with Crippen LogP contribution in [-0.4, -0.2) is 23.1 Å². The lowest BCUT2D eigenvalue weighted by Crippen LogP contribution is -2.24. The number of anilines is 2. The number of benzene rings is 1. The summed E-state index contributed by atoms with van der Waals surface area (Å²) >= 11 is 0. The summed E-state index contributed by atoms with van der Waals surface area (Å²) in [5.41, 5.74) is 1.29. The predicted octanol–water partition coefficient (Wildman–Crippen LogP) is 4.17. The fourth-order valence-electron chi connectivity index (χ4n) is 3.22. The topological polar surface area (TPSA) is 41.1 Å². The predicted molar refractivity (Wildman–Crippen MR) is 95.8 cm³/mol. The van der Waals surface area contributed by atoms with Crippen LogP contribution < -0.4 is 10.2 Å². The Bertz CT molecular complexity index is 621. The van der Waals surface area contributed by atoms with Gasteiger partial charge < -0.3 is 10.2 Å². The molecule has 4 heteroatoms. The summed E-state index contributed by atoms with van der Waals surface area (Å²) in [5.74, 6) is 2.75. The Morgan fingerprint density at radius 1 is 1.09 bits per heavy atom. The van der Waals surface area contributed by atoms with E-state index in [1.807, 2.05) is 13.0 Å². The van der Waals surface area contributed by atoms with Crippen LogP contribution in [0.1, 0.15) is 43.5 Å². The van der Waals surface area contributed by atoms with Crippen LogP contribution in [0.15, 0.2) is 36.4 Å². The molecule has 1 N–H and O–H groups in total. The normalized spacial score (nSPS) is 15.4. The summed E-state index contributed by atoms with van der Waals surface area (Å²) in [6.07, 6.45) is 6.51. The fourth-order valence-corrected chi connectivity index (χ4v) is 3.22. The van der Waals surface area contributed by atoms with Crippen molar-refractivity contribution in [2.75, 3.05) is 17.3 Å². The van der Waals surface area contributed by atoms with Gasteiger partial charge in [0.05, 0.1) is 0 Å². The molecule has 3 rings (SSSR count). The van der Waals surface area contributed by atoms with E-state index in [2.05, 4.69) is 57.6 Å². The van der Waals surface area contributed by atoms with Crippen molar-refractivity contribution in [1.29, 1.82) is 0 Å². The van der Waals surface area contributed by atoms with E-state index in [1.165, 1.54) is 37.7 Å². The summed E-state index contributed by atoms with van der Waals surface area (Å²) in [6.45, 7) is 2.81. The molecule has 0 atom stereocenters. The van der Waals surface area contributed by atoms with Crippen LogP contribution in [0.4, 0.5) is 11.6 Å². The van der Waals surface area contributed by atoms with Gasteiger partial charge in [0.15, 0.2) is 0 Å². The highest BCUT2D eigenvalue weighted by Gasteiger charge is 2.15. The van der Waals surface area contributed by atoms with Crippen molar-refractivity contribution in [3.05, 3.63) is 47.8 Å². The van der Waals surface area contributed by atoms with Gasteiger partial charge in [0.1, 0.15) is 17.5 Å². The Labute approximate surface area is 139 Å². The van der Waals surface area contributed by atoms with Crippen LogP contribution in [0.25, 0.3) is 0 Å². The molecule has 122 valence electrons. The van der Waals surface area contributed by atoms with E-state index in [4.69, 9.17) is 0 Å². The van der Waals surface area contributed by atoms with Gasteiger partial charge in [-0.15, -0.1) is 0 Å². The highest BCUT2D eigenvalue weighted by atomic mass is 15.2. The van der Waals surface area contributed by atoms with Crippen LogP contribution in [0, 0.1) is 6.92 Å². The van der Waals surface area contributed by atoms with Gasteiger partial charge in [-0.3, -0.25) is 0 Å². The lowest BCUT2D eigenvalue weighted by atomic mass is 9.95. The molecular formula is C19H26N4. The van der Waals surface area contributed by atoms with Crippen LogP contribution in [0.5, 0.6) is 0 Å². The van der Waals surface area contributed by atoms with E-state index in [0.29, 0.717) is 6.04 Å². The third-order valence-electron chi connectivity index (χ3n) is 4.44. The zero-order chi connectivity index (χ0) is 16.1. The van der Waals surface area contributed by atoms with Gasteiger partial charge in [-0.25, -0.2) is 9.97 Å². The highest BCUT2D eigenvalue weighted by Crippen LogP contribution is 2.23. The Balaban J connectivity index is 1.71. The SMILES string of the molecule is Cc1nc(NC2CCCCC2)cc(N(C)Cc2ccccc2)n1. The number of hydrogen-bond donors (Lipinski definition) is 1. The number of aromatic nitrogens is 2. The molecule has 0 bridgehead atoms. The monoisotopic (exact) mass is 310 g/mol. The largest absolute Gasteiger partial charge is 0.367 e. The van der Waals surface area contributed by atoms with Crippen LogP contribution in [0.2, 0.25) is 0 Å². The molecule has 1 aliphatic rings. The zero-order valence-corrected chi connectivity index (χ0v) is 14.1. The van der Waals surface area contributed by atoms with Gasteiger partial charge in [0.2, 0.25) is 0 Å². The molecule has 1 saturated carbocycles. The smallest absolute Gasteiger partial charge is 0.134 e. The quantitative estimate of drug-likeness (QED) is 0.900. The third kappa shape index (κ3) is 4.44. The summed E-state index contributed by atoms with van der Waals surface area (Å²) in [4.78, 5) is 11.3. The van der Waals surface area contributed by atoms with Gasteiger partial charge >= 0.3 is 0 Å². The average molecular weight is 310 g/mol. The molecule has 23 heavy (non-hydrogen) atoms. The van der Waals surface area contributed by atoms with Crippen molar-refractivity contribution in [3.8, 4) is 0 Å². The van der Waals surface area contributed by atoms with Gasteiger partial charge in [0, 0.05) is 25.7 Å². The first-order chi connectivity index (χ1) is 11.2. The maximum atomic E-state index is 4.60. The lowest BCUT2D eigenvalue weighted by molar-refractivity contribution is 0.461. The van der Waals surface area contributed by atoms with E-state index in [-0.39, 0.29) is 0 Å². The summed E-state index contributed by atoms with van der Waals surface area (Å²) < 4.78 is 0. The maximum Gasteiger partial charge on any atom is 0.134 e. The number of aryl methyl sites for hydroxylation is 1. The first-order valence-corrected chi connectivity index (χ1v) is 8.58. The van der Waals surface area contributed by atoms with E-state index in [0.717, 1.165) is 24.0 Å². The number of hydrogen-bond acceptors (Lipinski definition) is 4. The second-order valence-electron chi connectivity index (χ2n) is 6.48. The van der Waals surface area contributed by atoms with Crippen molar-refractivity contribution in [2.45, 2.75) is 51.6 Å². The molecule has 0 spiro atoms. The van der Waals surface area contributed by atoms with Crippen molar-refractivity contribution in [2.24, 2.45) is 0 Å². The van der Waals surface area contributed by atoms with Crippen molar-refractivity contribution in [1.82, 2.24) is 9.97 Å². The Morgan fingerprint density at radius 3 is 2.57 bits per heavy atom. The molecule has 0 radical (unpaired) electrons. The van der Waals surface area contributed by atoms with Gasteiger partial charge in [-0.2, -0.15) is 0 Å². The van der Waals surface area contributed by atoms with E-state index >= 15 is 0 Å². The Hall–Kier alpha value is -2.10. The molecule has 4 nitrogen and oxygen atoms in total. The van der Waals surface area contributed by atoms with E-state index in [1.54, 1.807) is 0 Å². The average Bonchev–Trinajstić information content (AvgIpc) is 2.56. The molecule has 1 fully saturated rings. The second kappa shape index (κ2) is 7.44. The van der Waals surface area contributed by atoms with Gasteiger partial charge in [0.25, 0.3) is 0 Å². The Morgan fingerprint density at radius 2 is 1.83 bits per heavy atom. The molecule has 0 aliphatic heterocycles. The first-order valence-electron chi connectivity index (χ1n) is 8.58. The minimum absolute atomic E-state index is 0.560. The zero-order valence-electron chi connectivity index (χ0n) is 14.1. The van der Waals surface area contributed by atoms with Crippen LogP contribution >= 0.6 is 0 Å². The Kier molecular flexibility index (Phi) is 5.11. The molecule has 1 aliphatic carbocycles. The fraction of sp³-hybridized carbons (Fsp3) is 0.474. The van der Waals surface area contributed by atoms with Gasteiger partial charge in [-0.05, 0) is 25.3 Å². The van der Waals surface area contributed by atoms with Crippen molar-refractivity contribution in [3.63, 3.8) is 0 Å². The summed E-state index contributed by atoms with van der Waals surface area (Å²) in [5, 5.41) is 3.60.